The molecule has 0 saturated carbocycles. The van der Waals surface area contributed by atoms with Crippen molar-refractivity contribution in [2.75, 3.05) is 0 Å². The summed E-state index contributed by atoms with van der Waals surface area (Å²) in [6.45, 7) is 2.14. The van der Waals surface area contributed by atoms with E-state index in [2.05, 4.69) is 15.5 Å². The van der Waals surface area contributed by atoms with Crippen molar-refractivity contribution < 1.29 is 9.32 Å². The highest BCUT2D eigenvalue weighted by molar-refractivity contribution is 5.88. The Balaban J connectivity index is 1.51. The zero-order valence-corrected chi connectivity index (χ0v) is 15.9. The third kappa shape index (κ3) is 3.94. The zero-order chi connectivity index (χ0) is 20.2. The Kier molecular flexibility index (Phi) is 5.20. The van der Waals surface area contributed by atoms with Crippen LogP contribution >= 0.6 is 0 Å². The Morgan fingerprint density at radius 1 is 1.10 bits per heavy atom. The van der Waals surface area contributed by atoms with Crippen LogP contribution in [0.15, 0.2) is 76.3 Å². The summed E-state index contributed by atoms with van der Waals surface area (Å²) in [6.07, 6.45) is 1.55. The minimum Gasteiger partial charge on any atom is -0.350 e. The fourth-order valence-corrected chi connectivity index (χ4v) is 3.19. The van der Waals surface area contributed by atoms with Crippen molar-refractivity contribution >= 4 is 17.0 Å². The van der Waals surface area contributed by atoms with E-state index in [9.17, 15) is 9.59 Å². The highest BCUT2D eigenvalue weighted by atomic mass is 16.5. The molecule has 0 aliphatic carbocycles. The molecular weight excluding hydrogens is 368 g/mol. The lowest BCUT2D eigenvalue weighted by Crippen LogP contribution is -2.29. The van der Waals surface area contributed by atoms with Crippen LogP contribution in [0.1, 0.15) is 24.9 Å². The van der Waals surface area contributed by atoms with Crippen molar-refractivity contribution in [3.05, 3.63) is 82.9 Å². The van der Waals surface area contributed by atoms with Gasteiger partial charge in [0.2, 0.25) is 5.91 Å². The molecule has 1 unspecified atom stereocenters. The standard InChI is InChI=1S/C22H20N4O3/c1-15(16-8-4-2-5-9-16)24-18(27)12-13-26-14-23-21-19(22(26)28)20(25-29-21)17-10-6-3-7-11-17/h2-11,14-15H,12-13H2,1H3,(H,24,27). The van der Waals surface area contributed by atoms with E-state index in [1.54, 1.807) is 0 Å². The number of aryl methyl sites for hydroxylation is 1. The van der Waals surface area contributed by atoms with Gasteiger partial charge in [-0.15, -0.1) is 0 Å². The first-order valence-electron chi connectivity index (χ1n) is 9.38. The molecule has 7 heteroatoms. The minimum absolute atomic E-state index is 0.108. The highest BCUT2D eigenvalue weighted by Crippen LogP contribution is 2.23. The first-order valence-corrected chi connectivity index (χ1v) is 9.38. The van der Waals surface area contributed by atoms with E-state index in [1.807, 2.05) is 67.6 Å². The summed E-state index contributed by atoms with van der Waals surface area (Å²) >= 11 is 0. The molecule has 2 aromatic carbocycles. The van der Waals surface area contributed by atoms with E-state index < -0.39 is 0 Å². The van der Waals surface area contributed by atoms with Gasteiger partial charge in [-0.1, -0.05) is 65.8 Å². The molecule has 0 radical (unpaired) electrons. The molecule has 1 amide bonds. The second-order valence-electron chi connectivity index (χ2n) is 6.77. The Morgan fingerprint density at radius 3 is 2.52 bits per heavy atom. The molecule has 2 aromatic heterocycles. The third-order valence-corrected chi connectivity index (χ3v) is 4.77. The summed E-state index contributed by atoms with van der Waals surface area (Å²) in [5.41, 5.74) is 2.16. The van der Waals surface area contributed by atoms with Gasteiger partial charge in [-0.25, -0.2) is 4.98 Å². The van der Waals surface area contributed by atoms with Crippen molar-refractivity contribution in [3.8, 4) is 11.3 Å². The summed E-state index contributed by atoms with van der Waals surface area (Å²) in [4.78, 5) is 29.4. The monoisotopic (exact) mass is 388 g/mol. The summed E-state index contributed by atoms with van der Waals surface area (Å²) in [5, 5.41) is 7.27. The molecule has 29 heavy (non-hydrogen) atoms. The second-order valence-corrected chi connectivity index (χ2v) is 6.77. The Labute approximate surface area is 167 Å². The molecule has 146 valence electrons. The van der Waals surface area contributed by atoms with E-state index in [1.165, 1.54) is 10.9 Å². The van der Waals surface area contributed by atoms with E-state index >= 15 is 0 Å². The average molecular weight is 388 g/mol. The van der Waals surface area contributed by atoms with Gasteiger partial charge >= 0.3 is 0 Å². The SMILES string of the molecule is CC(NC(=O)CCn1cnc2onc(-c3ccccc3)c2c1=O)c1ccccc1. The van der Waals surface area contributed by atoms with Crippen molar-refractivity contribution in [1.29, 1.82) is 0 Å². The molecule has 1 N–H and O–H groups in total. The molecule has 0 saturated heterocycles. The average Bonchev–Trinajstić information content (AvgIpc) is 3.19. The number of rotatable bonds is 6. The predicted molar refractivity (Wildman–Crippen MR) is 109 cm³/mol. The van der Waals surface area contributed by atoms with E-state index in [-0.39, 0.29) is 36.2 Å². The molecule has 0 bridgehead atoms. The lowest BCUT2D eigenvalue weighted by molar-refractivity contribution is -0.121. The molecule has 0 aliphatic heterocycles. The topological polar surface area (TPSA) is 90.0 Å². The van der Waals surface area contributed by atoms with Crippen molar-refractivity contribution in [1.82, 2.24) is 20.0 Å². The van der Waals surface area contributed by atoms with Gasteiger partial charge in [0.15, 0.2) is 0 Å². The van der Waals surface area contributed by atoms with E-state index in [4.69, 9.17) is 4.52 Å². The maximum atomic E-state index is 12.9. The predicted octanol–water partition coefficient (Wildman–Crippen LogP) is 3.32. The van der Waals surface area contributed by atoms with Crippen LogP contribution in [0.4, 0.5) is 0 Å². The fourth-order valence-electron chi connectivity index (χ4n) is 3.19. The van der Waals surface area contributed by atoms with Gasteiger partial charge < -0.3 is 9.84 Å². The summed E-state index contributed by atoms with van der Waals surface area (Å²) in [5.74, 6) is -0.137. The first-order chi connectivity index (χ1) is 14.1. The maximum Gasteiger partial charge on any atom is 0.266 e. The van der Waals surface area contributed by atoms with Gasteiger partial charge in [-0.05, 0) is 12.5 Å². The molecule has 4 rings (SSSR count). The first kappa shape index (κ1) is 18.6. The minimum atomic E-state index is -0.279. The van der Waals surface area contributed by atoms with Crippen molar-refractivity contribution in [2.24, 2.45) is 0 Å². The number of fused-ring (bicyclic) bond motifs is 1. The quantitative estimate of drug-likeness (QED) is 0.547. The number of nitrogens with one attached hydrogen (secondary N) is 1. The highest BCUT2D eigenvalue weighted by Gasteiger charge is 2.17. The van der Waals surface area contributed by atoms with Crippen LogP contribution in [-0.4, -0.2) is 20.6 Å². The van der Waals surface area contributed by atoms with Crippen LogP contribution in [0.3, 0.4) is 0 Å². The van der Waals surface area contributed by atoms with Gasteiger partial charge in [-0.2, -0.15) is 0 Å². The van der Waals surface area contributed by atoms with Crippen LogP contribution in [0.2, 0.25) is 0 Å². The molecule has 4 aromatic rings. The summed E-state index contributed by atoms with van der Waals surface area (Å²) in [6, 6.07) is 18.9. The lowest BCUT2D eigenvalue weighted by atomic mass is 10.1. The van der Waals surface area contributed by atoms with Gasteiger partial charge in [0.1, 0.15) is 17.4 Å². The largest absolute Gasteiger partial charge is 0.350 e. The molecule has 1 atom stereocenters. The smallest absolute Gasteiger partial charge is 0.266 e. The fraction of sp³-hybridized carbons (Fsp3) is 0.182. The molecule has 2 heterocycles. The van der Waals surface area contributed by atoms with Crippen molar-refractivity contribution in [2.45, 2.75) is 25.9 Å². The number of amides is 1. The molecule has 7 nitrogen and oxygen atoms in total. The Hall–Kier alpha value is -3.74. The lowest BCUT2D eigenvalue weighted by Gasteiger charge is -2.14. The van der Waals surface area contributed by atoms with Crippen LogP contribution in [0, 0.1) is 0 Å². The number of hydrogen-bond acceptors (Lipinski definition) is 5. The summed E-state index contributed by atoms with van der Waals surface area (Å²) in [7, 11) is 0. The maximum absolute atomic E-state index is 12.9. The number of hydrogen-bond donors (Lipinski definition) is 1. The Morgan fingerprint density at radius 2 is 1.79 bits per heavy atom. The van der Waals surface area contributed by atoms with E-state index in [0.717, 1.165) is 11.1 Å². The number of carbonyl (C=O) groups excluding carboxylic acids is 1. The molecule has 0 spiro atoms. The molecule has 0 aliphatic rings. The molecular formula is C22H20N4O3. The van der Waals surface area contributed by atoms with Crippen molar-refractivity contribution in [3.63, 3.8) is 0 Å². The molecule has 0 fully saturated rings. The van der Waals surface area contributed by atoms with Crippen LogP contribution in [0.25, 0.3) is 22.4 Å². The third-order valence-electron chi connectivity index (χ3n) is 4.77. The van der Waals surface area contributed by atoms with Gasteiger partial charge in [-0.3, -0.25) is 14.2 Å². The van der Waals surface area contributed by atoms with Gasteiger partial charge in [0.05, 0.1) is 6.04 Å². The van der Waals surface area contributed by atoms with Gasteiger partial charge in [0, 0.05) is 18.5 Å². The van der Waals surface area contributed by atoms with Crippen LogP contribution < -0.4 is 10.9 Å². The normalized spacial score (nSPS) is 12.0. The van der Waals surface area contributed by atoms with E-state index in [0.29, 0.717) is 11.1 Å². The summed E-state index contributed by atoms with van der Waals surface area (Å²) < 4.78 is 6.63. The number of aromatic nitrogens is 3. The number of benzene rings is 2. The van der Waals surface area contributed by atoms with Crippen LogP contribution in [0.5, 0.6) is 0 Å². The number of nitrogens with zero attached hydrogens (tertiary/aromatic N) is 3. The second kappa shape index (κ2) is 8.10. The Bertz CT molecular complexity index is 1180. The zero-order valence-electron chi connectivity index (χ0n) is 15.9. The van der Waals surface area contributed by atoms with Crippen LogP contribution in [-0.2, 0) is 11.3 Å². The van der Waals surface area contributed by atoms with Gasteiger partial charge in [0.25, 0.3) is 11.3 Å². The number of carbonyl (C=O) groups is 1.